The molecule has 3 rings (SSSR count). The van der Waals surface area contributed by atoms with Crippen LogP contribution in [-0.4, -0.2) is 20.7 Å². The Kier molecular flexibility index (Phi) is 6.27. The largest absolute Gasteiger partial charge is 0.399 e. The summed E-state index contributed by atoms with van der Waals surface area (Å²) in [7, 11) is 0. The Morgan fingerprint density at radius 3 is 2.35 bits per heavy atom. The topological polar surface area (TPSA) is 68.8 Å². The smallest absolute Gasteiger partial charge is 0.102 e. The molecule has 3 aromatic rings. The summed E-state index contributed by atoms with van der Waals surface area (Å²) in [4.78, 5) is 0. The second-order valence-electron chi connectivity index (χ2n) is 5.76. The van der Waals surface area contributed by atoms with Crippen molar-refractivity contribution in [2.24, 2.45) is 0 Å². The van der Waals surface area contributed by atoms with Crippen LogP contribution in [-0.2, 0) is 13.1 Å². The van der Waals surface area contributed by atoms with Gasteiger partial charge in [-0.3, -0.25) is 4.68 Å². The molecule has 0 saturated carbocycles. The van der Waals surface area contributed by atoms with Crippen molar-refractivity contribution in [3.63, 3.8) is 0 Å². The predicted octanol–water partition coefficient (Wildman–Crippen LogP) is 4.26. The molecule has 0 aliphatic carbocycles. The van der Waals surface area contributed by atoms with Crippen LogP contribution in [0.15, 0.2) is 54.7 Å². The van der Waals surface area contributed by atoms with Gasteiger partial charge >= 0.3 is 0 Å². The standard InChI is InChI=1S/C19H20FN5S/c20-26-12-11-25-14-19(23-24-25)13-22-18-9-5-16(6-10-18)2-1-15-3-7-17(21)8-4-15/h1-10,14,22H,11-13,21H2/b2-1+. The zero-order valence-corrected chi connectivity index (χ0v) is 15.0. The van der Waals surface area contributed by atoms with E-state index in [9.17, 15) is 3.89 Å². The predicted molar refractivity (Wildman–Crippen MR) is 107 cm³/mol. The third-order valence-electron chi connectivity index (χ3n) is 3.77. The molecule has 0 atom stereocenters. The Labute approximate surface area is 156 Å². The zero-order valence-electron chi connectivity index (χ0n) is 14.2. The minimum atomic E-state index is 0.305. The van der Waals surface area contributed by atoms with Crippen LogP contribution in [0.3, 0.4) is 0 Å². The van der Waals surface area contributed by atoms with Gasteiger partial charge in [-0.25, -0.2) is 0 Å². The fourth-order valence-electron chi connectivity index (χ4n) is 2.36. The molecule has 134 valence electrons. The Balaban J connectivity index is 1.52. The van der Waals surface area contributed by atoms with Crippen molar-refractivity contribution in [1.29, 1.82) is 0 Å². The van der Waals surface area contributed by atoms with E-state index in [1.54, 1.807) is 4.68 Å². The summed E-state index contributed by atoms with van der Waals surface area (Å²) in [5, 5.41) is 11.3. The van der Waals surface area contributed by atoms with Crippen LogP contribution >= 0.6 is 12.1 Å². The van der Waals surface area contributed by atoms with E-state index in [1.807, 2.05) is 54.7 Å². The van der Waals surface area contributed by atoms with Crippen molar-refractivity contribution >= 4 is 35.7 Å². The Hall–Kier alpha value is -2.80. The molecule has 5 nitrogen and oxygen atoms in total. The van der Waals surface area contributed by atoms with Crippen molar-refractivity contribution in [2.75, 3.05) is 16.8 Å². The number of benzene rings is 2. The third kappa shape index (κ3) is 5.35. The lowest BCUT2D eigenvalue weighted by Gasteiger charge is -2.04. The molecule has 0 saturated heterocycles. The van der Waals surface area contributed by atoms with E-state index >= 15 is 0 Å². The van der Waals surface area contributed by atoms with Crippen LogP contribution in [0, 0.1) is 0 Å². The molecule has 0 radical (unpaired) electrons. The van der Waals surface area contributed by atoms with Crippen LogP contribution in [0.25, 0.3) is 12.2 Å². The first-order valence-electron chi connectivity index (χ1n) is 8.23. The molecule has 0 aliphatic rings. The minimum Gasteiger partial charge on any atom is -0.399 e. The molecule has 3 N–H and O–H groups in total. The van der Waals surface area contributed by atoms with Gasteiger partial charge < -0.3 is 11.1 Å². The molecule has 0 aliphatic heterocycles. The van der Waals surface area contributed by atoms with E-state index in [1.165, 1.54) is 0 Å². The molecule has 1 heterocycles. The molecule has 0 amide bonds. The maximum atomic E-state index is 12.1. The van der Waals surface area contributed by atoms with Gasteiger partial charge in [0.1, 0.15) is 5.69 Å². The molecule has 26 heavy (non-hydrogen) atoms. The number of rotatable bonds is 8. The summed E-state index contributed by atoms with van der Waals surface area (Å²) in [5.74, 6) is 0.377. The Morgan fingerprint density at radius 2 is 1.69 bits per heavy atom. The summed E-state index contributed by atoms with van der Waals surface area (Å²) >= 11 is 0.305. The van der Waals surface area contributed by atoms with Crippen LogP contribution in [0.2, 0.25) is 0 Å². The van der Waals surface area contributed by atoms with Crippen LogP contribution in [0.4, 0.5) is 15.3 Å². The Bertz CT molecular complexity index is 843. The van der Waals surface area contributed by atoms with Crippen molar-refractivity contribution in [3.8, 4) is 0 Å². The van der Waals surface area contributed by atoms with Crippen molar-refractivity contribution in [2.45, 2.75) is 13.1 Å². The molecule has 0 unspecified atom stereocenters. The molecular formula is C19H20FN5S. The van der Waals surface area contributed by atoms with Gasteiger partial charge in [-0.1, -0.05) is 41.6 Å². The molecule has 0 fully saturated rings. The first kappa shape index (κ1) is 18.0. The number of nitrogens with one attached hydrogen (secondary N) is 1. The SMILES string of the molecule is Nc1ccc(/C=C/c2ccc(NCc3cn(CCSF)nn3)cc2)cc1. The summed E-state index contributed by atoms with van der Waals surface area (Å²) in [6, 6.07) is 15.9. The van der Waals surface area contributed by atoms with Crippen LogP contribution in [0.1, 0.15) is 16.8 Å². The van der Waals surface area contributed by atoms with Crippen LogP contribution in [0.5, 0.6) is 0 Å². The number of anilines is 2. The third-order valence-corrected chi connectivity index (χ3v) is 4.11. The van der Waals surface area contributed by atoms with Gasteiger partial charge in [0.25, 0.3) is 0 Å². The van der Waals surface area contributed by atoms with E-state index < -0.39 is 0 Å². The fourth-order valence-corrected chi connectivity index (χ4v) is 2.62. The van der Waals surface area contributed by atoms with Crippen molar-refractivity contribution < 1.29 is 3.89 Å². The number of hydrogen-bond acceptors (Lipinski definition) is 5. The Morgan fingerprint density at radius 1 is 1.04 bits per heavy atom. The van der Waals surface area contributed by atoms with E-state index in [0.717, 1.165) is 28.2 Å². The van der Waals surface area contributed by atoms with Gasteiger partial charge in [-0.15, -0.1) is 5.10 Å². The molecule has 0 spiro atoms. The molecule has 7 heteroatoms. The molecule has 0 bridgehead atoms. The molecular weight excluding hydrogens is 349 g/mol. The van der Waals surface area contributed by atoms with Crippen LogP contribution < -0.4 is 11.1 Å². The van der Waals surface area contributed by atoms with Crippen molar-refractivity contribution in [1.82, 2.24) is 15.0 Å². The lowest BCUT2D eigenvalue weighted by molar-refractivity contribution is 0.629. The number of nitrogens with two attached hydrogens (primary N) is 1. The van der Waals surface area contributed by atoms with Gasteiger partial charge in [0, 0.05) is 29.3 Å². The van der Waals surface area contributed by atoms with Crippen molar-refractivity contribution in [3.05, 3.63) is 71.5 Å². The first-order valence-corrected chi connectivity index (χ1v) is 9.11. The average molecular weight is 369 g/mol. The highest BCUT2D eigenvalue weighted by atomic mass is 32.2. The van der Waals surface area contributed by atoms with Gasteiger partial charge in [0.2, 0.25) is 0 Å². The van der Waals surface area contributed by atoms with Gasteiger partial charge in [0.15, 0.2) is 0 Å². The number of nitrogens with zero attached hydrogens (tertiary/aromatic N) is 3. The summed E-state index contributed by atoms with van der Waals surface area (Å²) in [5.41, 5.74) is 10.5. The van der Waals surface area contributed by atoms with E-state index in [4.69, 9.17) is 5.73 Å². The number of aromatic nitrogens is 3. The first-order chi connectivity index (χ1) is 12.7. The monoisotopic (exact) mass is 369 g/mol. The zero-order chi connectivity index (χ0) is 18.2. The van der Waals surface area contributed by atoms with Gasteiger partial charge in [0.05, 0.1) is 19.3 Å². The highest BCUT2D eigenvalue weighted by Crippen LogP contribution is 2.14. The molecule has 2 aromatic carbocycles. The number of nitrogen functional groups attached to an aromatic ring is 1. The summed E-state index contributed by atoms with van der Waals surface area (Å²) in [6.45, 7) is 1.09. The number of aryl methyl sites for hydroxylation is 1. The highest BCUT2D eigenvalue weighted by molar-refractivity contribution is 7.94. The lowest BCUT2D eigenvalue weighted by Crippen LogP contribution is -2.00. The lowest BCUT2D eigenvalue weighted by atomic mass is 10.1. The van der Waals surface area contributed by atoms with Gasteiger partial charge in [-0.2, -0.15) is 3.89 Å². The minimum absolute atomic E-state index is 0.305. The summed E-state index contributed by atoms with van der Waals surface area (Å²) < 4.78 is 13.7. The summed E-state index contributed by atoms with van der Waals surface area (Å²) in [6.07, 6.45) is 5.94. The maximum absolute atomic E-state index is 12.1. The van der Waals surface area contributed by atoms with E-state index in [0.29, 0.717) is 31.0 Å². The number of hydrogen-bond donors (Lipinski definition) is 2. The second-order valence-corrected chi connectivity index (χ2v) is 6.39. The average Bonchev–Trinajstić information content (AvgIpc) is 3.13. The van der Waals surface area contributed by atoms with E-state index in [-0.39, 0.29) is 0 Å². The fraction of sp³-hybridized carbons (Fsp3) is 0.158. The highest BCUT2D eigenvalue weighted by Gasteiger charge is 2.01. The second kappa shape index (κ2) is 9.05. The molecule has 1 aromatic heterocycles. The normalized spacial score (nSPS) is 11.1. The van der Waals surface area contributed by atoms with Gasteiger partial charge in [-0.05, 0) is 35.4 Å². The van der Waals surface area contributed by atoms with E-state index in [2.05, 4.69) is 27.8 Å². The quantitative estimate of drug-likeness (QED) is 0.459. The number of halogens is 1. The maximum Gasteiger partial charge on any atom is 0.102 e.